The molecule has 0 bridgehead atoms. The van der Waals surface area contributed by atoms with Gasteiger partial charge in [-0.05, 0) is 31.9 Å². The molecule has 0 aromatic heterocycles. The van der Waals surface area contributed by atoms with Crippen LogP contribution in [0.1, 0.15) is 43.0 Å². The number of nitrogens with zero attached hydrogens (tertiary/aromatic N) is 1. The van der Waals surface area contributed by atoms with E-state index in [1.807, 2.05) is 11.8 Å². The predicted octanol–water partition coefficient (Wildman–Crippen LogP) is 3.33. The van der Waals surface area contributed by atoms with Crippen molar-refractivity contribution in [2.24, 2.45) is 0 Å². The number of anilines is 1. The maximum absolute atomic E-state index is 12.5. The van der Waals surface area contributed by atoms with Crippen LogP contribution in [0.25, 0.3) is 0 Å². The van der Waals surface area contributed by atoms with E-state index in [1.54, 1.807) is 18.2 Å². The average molecular weight is 267 g/mol. The first-order valence-corrected chi connectivity index (χ1v) is 6.88. The van der Waals surface area contributed by atoms with Gasteiger partial charge in [0.05, 0.1) is 16.3 Å². The maximum Gasteiger partial charge on any atom is 0.255 e. The van der Waals surface area contributed by atoms with Crippen molar-refractivity contribution in [2.45, 2.75) is 38.6 Å². The van der Waals surface area contributed by atoms with Crippen LogP contribution < -0.4 is 5.73 Å². The lowest BCUT2D eigenvalue weighted by molar-refractivity contribution is 0.0694. The number of carbonyl (C=O) groups is 1. The van der Waals surface area contributed by atoms with E-state index in [4.69, 9.17) is 17.3 Å². The lowest BCUT2D eigenvalue weighted by Crippen LogP contribution is -2.38. The molecule has 0 spiro atoms. The van der Waals surface area contributed by atoms with E-state index in [2.05, 4.69) is 0 Å². The molecule has 2 rings (SSSR count). The number of rotatable bonds is 3. The first-order valence-electron chi connectivity index (χ1n) is 6.50. The van der Waals surface area contributed by atoms with Crippen molar-refractivity contribution < 1.29 is 4.79 Å². The summed E-state index contributed by atoms with van der Waals surface area (Å²) in [6.45, 7) is 2.73. The van der Waals surface area contributed by atoms with Gasteiger partial charge < -0.3 is 10.6 Å². The first-order chi connectivity index (χ1) is 8.65. The highest BCUT2D eigenvalue weighted by atomic mass is 35.5. The van der Waals surface area contributed by atoms with E-state index in [0.717, 1.165) is 12.8 Å². The molecule has 1 aliphatic carbocycles. The third-order valence-corrected chi connectivity index (χ3v) is 4.05. The second-order valence-electron chi connectivity index (χ2n) is 4.74. The van der Waals surface area contributed by atoms with Gasteiger partial charge in [-0.15, -0.1) is 0 Å². The monoisotopic (exact) mass is 266 g/mol. The average Bonchev–Trinajstić information content (AvgIpc) is 2.87. The number of benzene rings is 1. The molecule has 1 amide bonds. The summed E-state index contributed by atoms with van der Waals surface area (Å²) in [7, 11) is 0. The first kappa shape index (κ1) is 13.2. The molecule has 0 radical (unpaired) electrons. The van der Waals surface area contributed by atoms with Crippen molar-refractivity contribution >= 4 is 23.2 Å². The largest absolute Gasteiger partial charge is 0.398 e. The van der Waals surface area contributed by atoms with Gasteiger partial charge in [-0.2, -0.15) is 0 Å². The number of halogens is 1. The minimum absolute atomic E-state index is 0.00157. The van der Waals surface area contributed by atoms with E-state index in [-0.39, 0.29) is 5.91 Å². The minimum atomic E-state index is 0.00157. The van der Waals surface area contributed by atoms with Gasteiger partial charge in [-0.25, -0.2) is 0 Å². The Kier molecular flexibility index (Phi) is 4.12. The number of carbonyl (C=O) groups excluding carboxylic acids is 1. The SMILES string of the molecule is CCN(C(=O)c1cccc(N)c1Cl)C1CCCC1. The molecular weight excluding hydrogens is 248 g/mol. The summed E-state index contributed by atoms with van der Waals surface area (Å²) in [4.78, 5) is 14.4. The van der Waals surface area contributed by atoms with E-state index in [9.17, 15) is 4.79 Å². The molecule has 0 unspecified atom stereocenters. The molecule has 1 aliphatic rings. The lowest BCUT2D eigenvalue weighted by Gasteiger charge is -2.28. The Labute approximate surface area is 113 Å². The smallest absolute Gasteiger partial charge is 0.255 e. The molecule has 0 atom stereocenters. The summed E-state index contributed by atoms with van der Waals surface area (Å²) < 4.78 is 0. The highest BCUT2D eigenvalue weighted by molar-refractivity contribution is 6.36. The van der Waals surface area contributed by atoms with E-state index in [1.165, 1.54) is 12.8 Å². The van der Waals surface area contributed by atoms with Crippen molar-refractivity contribution in [3.63, 3.8) is 0 Å². The fraction of sp³-hybridized carbons (Fsp3) is 0.500. The Hall–Kier alpha value is -1.22. The summed E-state index contributed by atoms with van der Waals surface area (Å²) in [5.74, 6) is 0.00157. The van der Waals surface area contributed by atoms with Crippen LogP contribution >= 0.6 is 11.6 Å². The molecule has 4 heteroatoms. The standard InChI is InChI=1S/C14H19ClN2O/c1-2-17(10-6-3-4-7-10)14(18)11-8-5-9-12(16)13(11)15/h5,8-10H,2-4,6-7,16H2,1H3. The highest BCUT2D eigenvalue weighted by Crippen LogP contribution is 2.28. The van der Waals surface area contributed by atoms with Crippen molar-refractivity contribution in [1.82, 2.24) is 4.90 Å². The molecule has 1 aromatic carbocycles. The summed E-state index contributed by atoms with van der Waals surface area (Å²) >= 11 is 6.12. The van der Waals surface area contributed by atoms with Gasteiger partial charge in [-0.1, -0.05) is 30.5 Å². The normalized spacial score (nSPS) is 15.9. The third-order valence-electron chi connectivity index (χ3n) is 3.63. The molecular formula is C14H19ClN2O. The summed E-state index contributed by atoms with van der Waals surface area (Å²) in [5, 5.41) is 0.374. The van der Waals surface area contributed by atoms with Gasteiger partial charge in [-0.3, -0.25) is 4.79 Å². The van der Waals surface area contributed by atoms with Crippen molar-refractivity contribution in [3.8, 4) is 0 Å². The Balaban J connectivity index is 2.25. The van der Waals surface area contributed by atoms with Crippen molar-refractivity contribution in [3.05, 3.63) is 28.8 Å². The third kappa shape index (κ3) is 2.46. The summed E-state index contributed by atoms with van der Waals surface area (Å²) in [6, 6.07) is 5.60. The van der Waals surface area contributed by atoms with Crippen LogP contribution in [0, 0.1) is 0 Å². The number of hydrogen-bond acceptors (Lipinski definition) is 2. The van der Waals surface area contributed by atoms with Gasteiger partial charge in [0.2, 0.25) is 0 Å². The Morgan fingerprint density at radius 3 is 2.72 bits per heavy atom. The Morgan fingerprint density at radius 1 is 1.44 bits per heavy atom. The molecule has 18 heavy (non-hydrogen) atoms. The molecule has 98 valence electrons. The van der Waals surface area contributed by atoms with Crippen LogP contribution in [0.2, 0.25) is 5.02 Å². The molecule has 1 fully saturated rings. The Morgan fingerprint density at radius 2 is 2.11 bits per heavy atom. The number of nitrogens with two attached hydrogens (primary N) is 1. The zero-order valence-electron chi connectivity index (χ0n) is 10.7. The predicted molar refractivity (Wildman–Crippen MR) is 74.8 cm³/mol. The number of hydrogen-bond donors (Lipinski definition) is 1. The van der Waals surface area contributed by atoms with Crippen LogP contribution in [0.5, 0.6) is 0 Å². The number of amides is 1. The zero-order chi connectivity index (χ0) is 13.1. The fourth-order valence-corrected chi connectivity index (χ4v) is 2.86. The summed E-state index contributed by atoms with van der Waals surface area (Å²) in [5.41, 5.74) is 6.73. The van der Waals surface area contributed by atoms with Crippen LogP contribution in [-0.2, 0) is 0 Å². The van der Waals surface area contributed by atoms with Crippen molar-refractivity contribution in [1.29, 1.82) is 0 Å². The van der Waals surface area contributed by atoms with Gasteiger partial charge in [0.25, 0.3) is 5.91 Å². The summed E-state index contributed by atoms with van der Waals surface area (Å²) in [6.07, 6.45) is 4.61. The van der Waals surface area contributed by atoms with Crippen LogP contribution in [0.15, 0.2) is 18.2 Å². The Bertz CT molecular complexity index is 441. The molecule has 1 saturated carbocycles. The molecule has 1 aromatic rings. The second-order valence-corrected chi connectivity index (χ2v) is 5.12. The molecule has 2 N–H and O–H groups in total. The minimum Gasteiger partial charge on any atom is -0.398 e. The van der Waals surface area contributed by atoms with Crippen LogP contribution in [-0.4, -0.2) is 23.4 Å². The fourth-order valence-electron chi connectivity index (χ4n) is 2.65. The van der Waals surface area contributed by atoms with Crippen LogP contribution in [0.4, 0.5) is 5.69 Å². The molecule has 3 nitrogen and oxygen atoms in total. The van der Waals surface area contributed by atoms with Gasteiger partial charge in [0.15, 0.2) is 0 Å². The van der Waals surface area contributed by atoms with Crippen molar-refractivity contribution in [2.75, 3.05) is 12.3 Å². The number of nitrogen functional groups attached to an aromatic ring is 1. The van der Waals surface area contributed by atoms with Gasteiger partial charge >= 0.3 is 0 Å². The quantitative estimate of drug-likeness (QED) is 0.853. The maximum atomic E-state index is 12.5. The van der Waals surface area contributed by atoms with E-state index in [0.29, 0.717) is 28.9 Å². The molecule has 0 aliphatic heterocycles. The van der Waals surface area contributed by atoms with E-state index < -0.39 is 0 Å². The van der Waals surface area contributed by atoms with Gasteiger partial charge in [0, 0.05) is 12.6 Å². The molecule has 0 heterocycles. The zero-order valence-corrected chi connectivity index (χ0v) is 11.4. The molecule has 0 saturated heterocycles. The van der Waals surface area contributed by atoms with Gasteiger partial charge in [0.1, 0.15) is 0 Å². The lowest BCUT2D eigenvalue weighted by atomic mass is 10.1. The second kappa shape index (κ2) is 5.61. The van der Waals surface area contributed by atoms with Crippen LogP contribution in [0.3, 0.4) is 0 Å². The van der Waals surface area contributed by atoms with E-state index >= 15 is 0 Å². The highest BCUT2D eigenvalue weighted by Gasteiger charge is 2.27. The topological polar surface area (TPSA) is 46.3 Å².